The molecule has 9 rings (SSSR count). The van der Waals surface area contributed by atoms with Crippen molar-refractivity contribution in [3.05, 3.63) is 120 Å². The number of fused-ring (bicyclic) bond motifs is 4. The van der Waals surface area contributed by atoms with Gasteiger partial charge in [0.2, 0.25) is 5.82 Å². The fourth-order valence-corrected chi connectivity index (χ4v) is 6.69. The van der Waals surface area contributed by atoms with Crippen molar-refractivity contribution in [3.63, 3.8) is 0 Å². The van der Waals surface area contributed by atoms with Gasteiger partial charge in [0.05, 0.1) is 42.6 Å². The molecule has 214 valence electrons. The Morgan fingerprint density at radius 1 is 0.705 bits per heavy atom. The van der Waals surface area contributed by atoms with Crippen LogP contribution in [0.1, 0.15) is 11.1 Å². The number of aromatic nitrogens is 1. The van der Waals surface area contributed by atoms with Gasteiger partial charge in [0, 0.05) is 29.0 Å². The second-order valence-corrected chi connectivity index (χ2v) is 11.0. The van der Waals surface area contributed by atoms with Crippen LogP contribution in [-0.4, -0.2) is 41.6 Å². The van der Waals surface area contributed by atoms with Crippen molar-refractivity contribution in [1.29, 1.82) is 0 Å². The van der Waals surface area contributed by atoms with E-state index in [1.54, 1.807) is 26.4 Å². The second kappa shape index (κ2) is 8.70. The molecule has 0 amide bonds. The lowest BCUT2D eigenvalue weighted by molar-refractivity contribution is -0.305. The van der Waals surface area contributed by atoms with E-state index in [9.17, 15) is 8.78 Å². The maximum absolute atomic E-state index is 14.7. The molecule has 0 saturated carbocycles. The molecule has 5 aromatic rings. The van der Waals surface area contributed by atoms with Gasteiger partial charge in [-0.1, -0.05) is 24.3 Å². The average molecular weight is 585 g/mol. The molecule has 4 aliphatic heterocycles. The van der Waals surface area contributed by atoms with Crippen molar-refractivity contribution in [1.82, 2.24) is 4.48 Å². The first kappa shape index (κ1) is 24.9. The van der Waals surface area contributed by atoms with E-state index in [4.69, 9.17) is 23.8 Å². The Bertz CT molecular complexity index is 2170. The topological polar surface area (TPSA) is 57.2 Å². The van der Waals surface area contributed by atoms with Crippen LogP contribution in [0.3, 0.4) is 0 Å². The quantitative estimate of drug-likeness (QED) is 0.217. The van der Waals surface area contributed by atoms with Crippen LogP contribution in [0.15, 0.2) is 102 Å². The summed E-state index contributed by atoms with van der Waals surface area (Å²) in [5.41, 5.74) is 6.32. The first-order valence-corrected chi connectivity index (χ1v) is 14.1. The summed E-state index contributed by atoms with van der Waals surface area (Å²) in [6.45, 7) is -2.66. The van der Waals surface area contributed by atoms with Crippen molar-refractivity contribution in [2.24, 2.45) is 4.99 Å². The Labute approximate surface area is 250 Å². The van der Waals surface area contributed by atoms with E-state index < -0.39 is 18.5 Å². The molecule has 0 fully saturated rings. The van der Waals surface area contributed by atoms with E-state index in [0.717, 1.165) is 45.2 Å². The minimum absolute atomic E-state index is 0.321. The number of hydrogen-bond acceptors (Lipinski definition) is 5. The zero-order valence-corrected chi connectivity index (χ0v) is 23.5. The number of benzene rings is 4. The SMILES string of the molecule is COc1ccc(C2=CC3=[N+]4C2=Nc2c(-c5ccc(OC)cc5)cc5n2[B-]4(Oc2cc(F)ccc23)Oc2cc(F)ccc2-5)cc1. The zero-order valence-electron chi connectivity index (χ0n) is 23.5. The molecule has 44 heavy (non-hydrogen) atoms. The van der Waals surface area contributed by atoms with E-state index in [0.29, 0.717) is 34.3 Å². The molecule has 0 aliphatic carbocycles. The van der Waals surface area contributed by atoms with Crippen LogP contribution in [0.25, 0.3) is 28.0 Å². The lowest BCUT2D eigenvalue weighted by atomic mass is 9.78. The van der Waals surface area contributed by atoms with Crippen LogP contribution < -0.4 is 18.8 Å². The summed E-state index contributed by atoms with van der Waals surface area (Å²) in [6.07, 6.45) is 2.02. The molecule has 10 heteroatoms. The minimum Gasteiger partial charge on any atom is -0.624 e. The Balaban J connectivity index is 1.38. The third kappa shape index (κ3) is 3.25. The molecular formula is C34H22BF2N3O4. The number of hydrogen-bond donors (Lipinski definition) is 0. The third-order valence-electron chi connectivity index (χ3n) is 8.69. The summed E-state index contributed by atoms with van der Waals surface area (Å²) in [5.74, 6) is 2.41. The lowest BCUT2D eigenvalue weighted by Gasteiger charge is -2.48. The van der Waals surface area contributed by atoms with E-state index in [1.807, 2.05) is 69.6 Å². The van der Waals surface area contributed by atoms with E-state index in [1.165, 1.54) is 24.3 Å². The van der Waals surface area contributed by atoms with Gasteiger partial charge in [0.15, 0.2) is 0 Å². The number of nitrogens with zero attached hydrogens (tertiary/aromatic N) is 3. The van der Waals surface area contributed by atoms with Crippen LogP contribution in [-0.2, 0) is 0 Å². The first-order chi connectivity index (χ1) is 21.5. The largest absolute Gasteiger partial charge is 0.687 e. The van der Waals surface area contributed by atoms with E-state index >= 15 is 0 Å². The molecule has 0 saturated heterocycles. The minimum atomic E-state index is -2.66. The third-order valence-corrected chi connectivity index (χ3v) is 8.69. The second-order valence-electron chi connectivity index (χ2n) is 11.0. The molecule has 1 unspecified atom stereocenters. The van der Waals surface area contributed by atoms with Crippen molar-refractivity contribution < 1.29 is 32.0 Å². The van der Waals surface area contributed by atoms with Crippen molar-refractivity contribution in [2.45, 2.75) is 0 Å². The molecular weight excluding hydrogens is 563 g/mol. The van der Waals surface area contributed by atoms with Gasteiger partial charge in [0.1, 0.15) is 23.1 Å². The van der Waals surface area contributed by atoms with Gasteiger partial charge in [0.25, 0.3) is 5.84 Å². The number of ether oxygens (including phenoxy) is 2. The Morgan fingerprint density at radius 2 is 1.30 bits per heavy atom. The normalized spacial score (nSPS) is 18.2. The first-order valence-electron chi connectivity index (χ1n) is 14.1. The van der Waals surface area contributed by atoms with Crippen molar-refractivity contribution >= 4 is 29.8 Å². The summed E-state index contributed by atoms with van der Waals surface area (Å²) >= 11 is 0. The number of halogens is 2. The molecule has 1 atom stereocenters. The van der Waals surface area contributed by atoms with Crippen LogP contribution >= 0.6 is 0 Å². The van der Waals surface area contributed by atoms with Gasteiger partial charge in [-0.05, 0) is 76.8 Å². The smallest absolute Gasteiger partial charge is 0.624 e. The fraction of sp³-hybridized carbons (Fsp3) is 0.0588. The predicted octanol–water partition coefficient (Wildman–Crippen LogP) is 6.83. The highest BCUT2D eigenvalue weighted by Crippen LogP contribution is 2.52. The number of methoxy groups -OCH3 is 2. The van der Waals surface area contributed by atoms with E-state index in [2.05, 4.69) is 0 Å². The van der Waals surface area contributed by atoms with Crippen molar-refractivity contribution in [3.8, 4) is 45.4 Å². The molecule has 4 aliphatic rings. The molecule has 4 aromatic carbocycles. The highest BCUT2D eigenvalue weighted by molar-refractivity contribution is 6.67. The number of aliphatic imine (C=N–C) groups is 1. The van der Waals surface area contributed by atoms with Gasteiger partial charge in [-0.15, -0.1) is 0 Å². The molecule has 0 N–H and O–H groups in total. The van der Waals surface area contributed by atoms with Crippen LogP contribution in [0.2, 0.25) is 0 Å². The predicted molar refractivity (Wildman–Crippen MR) is 163 cm³/mol. The van der Waals surface area contributed by atoms with Gasteiger partial charge in [-0.2, -0.15) is 0 Å². The monoisotopic (exact) mass is 585 g/mol. The Hall–Kier alpha value is -5.64. The summed E-state index contributed by atoms with van der Waals surface area (Å²) in [6, 6.07) is 26.4. The molecule has 7 nitrogen and oxygen atoms in total. The zero-order chi connectivity index (χ0) is 29.7. The van der Waals surface area contributed by atoms with Crippen LogP contribution in [0.4, 0.5) is 14.6 Å². The standard InChI is InChI=1S/C34H22BF2N3O4/c1-41-23-9-3-19(4-10-23)27-17-29-25-13-7-21(36)15-31(25)43-35-39(29)33(27)38-34-28(20-5-11-24(42-2)12-6-20)18-30(40(34)35)26-14-8-22(37)16-32(26)44-35/h3-18H,1-2H3. The number of allylic oxidation sites excluding steroid dienone is 1. The van der Waals surface area contributed by atoms with Gasteiger partial charge >= 0.3 is 6.82 Å². The molecule has 0 radical (unpaired) electrons. The maximum atomic E-state index is 14.7. The molecule has 0 bridgehead atoms. The molecule has 1 aromatic heterocycles. The Morgan fingerprint density at radius 3 is 1.93 bits per heavy atom. The van der Waals surface area contributed by atoms with Crippen LogP contribution in [0, 0.1) is 11.6 Å². The number of rotatable bonds is 4. The lowest BCUT2D eigenvalue weighted by Crippen LogP contribution is -2.70. The van der Waals surface area contributed by atoms with E-state index in [-0.39, 0.29) is 0 Å². The highest BCUT2D eigenvalue weighted by atomic mass is 19.1. The van der Waals surface area contributed by atoms with Gasteiger partial charge in [-0.3, -0.25) is 0 Å². The van der Waals surface area contributed by atoms with Gasteiger partial charge < -0.3 is 27.7 Å². The number of amidine groups is 1. The summed E-state index contributed by atoms with van der Waals surface area (Å²) in [4.78, 5) is 5.30. The van der Waals surface area contributed by atoms with Crippen LogP contribution in [0.5, 0.6) is 23.0 Å². The summed E-state index contributed by atoms with van der Waals surface area (Å²) < 4.78 is 57.7. The molecule has 5 heterocycles. The van der Waals surface area contributed by atoms with Gasteiger partial charge in [-0.25, -0.2) is 8.78 Å². The maximum Gasteiger partial charge on any atom is 0.687 e. The molecule has 1 spiro atoms. The average Bonchev–Trinajstić information content (AvgIpc) is 3.62. The van der Waals surface area contributed by atoms with Crippen molar-refractivity contribution in [2.75, 3.05) is 14.2 Å². The highest BCUT2D eigenvalue weighted by Gasteiger charge is 2.61. The fourth-order valence-electron chi connectivity index (χ4n) is 6.69. The summed E-state index contributed by atoms with van der Waals surface area (Å²) in [7, 11) is 3.25. The Kier molecular flexibility index (Phi) is 4.93. The summed E-state index contributed by atoms with van der Waals surface area (Å²) in [5, 5.41) is 0.